The number of oxime groups is 1. The van der Waals surface area contributed by atoms with E-state index < -0.39 is 0 Å². The van der Waals surface area contributed by atoms with Crippen LogP contribution in [-0.2, 0) is 4.84 Å². The number of nitrogens with zero attached hydrogens (tertiary/aromatic N) is 2. The molecule has 2 aromatic rings. The summed E-state index contributed by atoms with van der Waals surface area (Å²) in [5, 5.41) is 4.91. The summed E-state index contributed by atoms with van der Waals surface area (Å²) in [6, 6.07) is 7.08. The number of benzene rings is 1. The summed E-state index contributed by atoms with van der Waals surface area (Å²) in [7, 11) is 1.54. The first-order valence-electron chi connectivity index (χ1n) is 8.10. The second-order valence-corrected chi connectivity index (χ2v) is 5.98. The average Bonchev–Trinajstić information content (AvgIpc) is 3.16. The van der Waals surface area contributed by atoms with Crippen LogP contribution in [0.5, 0.6) is 5.75 Å². The van der Waals surface area contributed by atoms with Crippen LogP contribution in [0.1, 0.15) is 25.2 Å². The van der Waals surface area contributed by atoms with Gasteiger partial charge in [0.05, 0.1) is 18.4 Å². The van der Waals surface area contributed by atoms with Crippen LogP contribution in [-0.4, -0.2) is 44.0 Å². The highest BCUT2D eigenvalue weighted by Crippen LogP contribution is 2.35. The number of hydrogen-bond donors (Lipinski definition) is 0. The van der Waals surface area contributed by atoms with Crippen molar-refractivity contribution >= 4 is 28.9 Å². The van der Waals surface area contributed by atoms with E-state index in [-0.39, 0.29) is 0 Å². The van der Waals surface area contributed by atoms with E-state index in [1.165, 1.54) is 7.11 Å². The monoisotopic (exact) mass is 384 g/mol. The number of rotatable bonds is 9. The van der Waals surface area contributed by atoms with Crippen molar-refractivity contribution in [1.29, 1.82) is 0 Å². The van der Waals surface area contributed by atoms with E-state index in [0.29, 0.717) is 39.4 Å². The van der Waals surface area contributed by atoms with E-state index in [4.69, 9.17) is 37.2 Å². The van der Waals surface area contributed by atoms with Crippen molar-refractivity contribution in [3.63, 3.8) is 0 Å². The fraction of sp³-hybridized carbons (Fsp3) is 0.389. The first-order valence-corrected chi connectivity index (χ1v) is 8.86. The van der Waals surface area contributed by atoms with Crippen molar-refractivity contribution in [2.75, 3.05) is 33.4 Å². The van der Waals surface area contributed by atoms with Crippen molar-refractivity contribution in [3.05, 3.63) is 51.9 Å². The van der Waals surface area contributed by atoms with Crippen LogP contribution in [0.4, 0.5) is 0 Å². The summed E-state index contributed by atoms with van der Waals surface area (Å²) in [5.41, 5.74) is 1.10. The molecule has 1 heterocycles. The zero-order chi connectivity index (χ0) is 18.2. The molecule has 0 unspecified atom stereocenters. The summed E-state index contributed by atoms with van der Waals surface area (Å²) in [6.45, 7) is 7.41. The first kappa shape index (κ1) is 19.6. The minimum atomic E-state index is 0.323. The van der Waals surface area contributed by atoms with Gasteiger partial charge in [-0.3, -0.25) is 0 Å². The predicted octanol–water partition coefficient (Wildman–Crippen LogP) is 4.71. The summed E-state index contributed by atoms with van der Waals surface area (Å²) in [6.07, 6.45) is 1.57. The molecule has 0 saturated heterocycles. The Labute approximate surface area is 158 Å². The maximum absolute atomic E-state index is 6.40. The molecule has 1 aromatic carbocycles. The quantitative estimate of drug-likeness (QED) is 0.357. The van der Waals surface area contributed by atoms with Crippen LogP contribution >= 0.6 is 23.2 Å². The van der Waals surface area contributed by atoms with Crippen LogP contribution in [0, 0.1) is 0 Å². The molecule has 7 heteroatoms. The second kappa shape index (κ2) is 9.70. The Balaban J connectivity index is 2.26. The highest BCUT2D eigenvalue weighted by molar-refractivity contribution is 6.45. The highest BCUT2D eigenvalue weighted by Gasteiger charge is 2.19. The van der Waals surface area contributed by atoms with Crippen LogP contribution in [0.15, 0.2) is 40.1 Å². The van der Waals surface area contributed by atoms with Crippen molar-refractivity contribution < 1.29 is 14.0 Å². The fourth-order valence-corrected chi connectivity index (χ4v) is 2.82. The van der Waals surface area contributed by atoms with Gasteiger partial charge in [0.2, 0.25) is 0 Å². The number of ether oxygens (including phenoxy) is 1. The average molecular weight is 385 g/mol. The topological polar surface area (TPSA) is 47.2 Å². The molecule has 2 rings (SSSR count). The number of halogens is 2. The van der Waals surface area contributed by atoms with E-state index in [1.54, 1.807) is 30.5 Å². The van der Waals surface area contributed by atoms with Crippen LogP contribution in [0.25, 0.3) is 0 Å². The molecule has 0 bridgehead atoms. The van der Waals surface area contributed by atoms with Gasteiger partial charge >= 0.3 is 0 Å². The van der Waals surface area contributed by atoms with Gasteiger partial charge in [-0.25, -0.2) is 0 Å². The SMILES string of the molecule is CCN(CC)CCO/N=C(/c1ccco1)c1ccc(OC)c(Cl)c1Cl. The van der Waals surface area contributed by atoms with E-state index in [2.05, 4.69) is 23.9 Å². The maximum atomic E-state index is 6.40. The Kier molecular flexibility index (Phi) is 7.62. The molecule has 0 radical (unpaired) electrons. The zero-order valence-electron chi connectivity index (χ0n) is 14.6. The minimum absolute atomic E-state index is 0.323. The van der Waals surface area contributed by atoms with E-state index in [1.807, 2.05) is 0 Å². The molecular formula is C18H22Cl2N2O3. The normalized spacial score (nSPS) is 11.8. The lowest BCUT2D eigenvalue weighted by Gasteiger charge is -2.16. The van der Waals surface area contributed by atoms with Crippen LogP contribution < -0.4 is 4.74 Å². The van der Waals surface area contributed by atoms with Crippen molar-refractivity contribution in [2.45, 2.75) is 13.8 Å². The molecule has 1 aromatic heterocycles. The molecule has 0 aliphatic carbocycles. The molecule has 136 valence electrons. The molecule has 0 N–H and O–H groups in total. The predicted molar refractivity (Wildman–Crippen MR) is 101 cm³/mol. The van der Waals surface area contributed by atoms with Gasteiger partial charge in [-0.15, -0.1) is 0 Å². The van der Waals surface area contributed by atoms with Crippen LogP contribution in [0.2, 0.25) is 10.0 Å². The third-order valence-electron chi connectivity index (χ3n) is 3.83. The lowest BCUT2D eigenvalue weighted by molar-refractivity contribution is 0.114. The zero-order valence-corrected chi connectivity index (χ0v) is 16.1. The third-order valence-corrected chi connectivity index (χ3v) is 4.69. The van der Waals surface area contributed by atoms with E-state index in [0.717, 1.165) is 19.6 Å². The van der Waals surface area contributed by atoms with Crippen LogP contribution in [0.3, 0.4) is 0 Å². The molecule has 0 amide bonds. The van der Waals surface area contributed by atoms with Gasteiger partial charge in [-0.2, -0.15) is 0 Å². The van der Waals surface area contributed by atoms with E-state index >= 15 is 0 Å². The van der Waals surface area contributed by atoms with Crippen molar-refractivity contribution in [3.8, 4) is 5.75 Å². The van der Waals surface area contributed by atoms with Crippen molar-refractivity contribution in [1.82, 2.24) is 4.90 Å². The summed E-state index contributed by atoms with van der Waals surface area (Å²) >= 11 is 12.7. The van der Waals surface area contributed by atoms with Crippen molar-refractivity contribution in [2.24, 2.45) is 5.16 Å². The molecule has 0 aliphatic heterocycles. The fourth-order valence-electron chi connectivity index (χ4n) is 2.33. The third kappa shape index (κ3) is 4.91. The Morgan fingerprint density at radius 2 is 1.92 bits per heavy atom. The van der Waals surface area contributed by atoms with E-state index in [9.17, 15) is 0 Å². The second-order valence-electron chi connectivity index (χ2n) is 5.22. The standard InChI is InChI=1S/C18H22Cl2N2O3/c1-4-22(5-2)10-12-25-21-18(15-7-6-11-24-15)13-8-9-14(23-3)17(20)16(13)19/h6-9,11H,4-5,10,12H2,1-3H3/b21-18+. The summed E-state index contributed by atoms with van der Waals surface area (Å²) in [5.74, 6) is 1.04. The van der Waals surface area contributed by atoms with Gasteiger partial charge in [0.1, 0.15) is 17.4 Å². The Hall–Kier alpha value is -1.69. The molecule has 5 nitrogen and oxygen atoms in total. The number of methoxy groups -OCH3 is 1. The smallest absolute Gasteiger partial charge is 0.156 e. The number of furan rings is 1. The summed E-state index contributed by atoms with van der Waals surface area (Å²) in [4.78, 5) is 7.76. The maximum Gasteiger partial charge on any atom is 0.156 e. The molecule has 0 atom stereocenters. The summed E-state index contributed by atoms with van der Waals surface area (Å²) < 4.78 is 10.7. The van der Waals surface area contributed by atoms with Gasteiger partial charge in [0.25, 0.3) is 0 Å². The molecule has 0 saturated carbocycles. The highest BCUT2D eigenvalue weighted by atomic mass is 35.5. The molecule has 0 fully saturated rings. The molecule has 25 heavy (non-hydrogen) atoms. The number of hydrogen-bond acceptors (Lipinski definition) is 5. The van der Waals surface area contributed by atoms with Gasteiger partial charge in [-0.1, -0.05) is 42.2 Å². The molecule has 0 aliphatic rings. The van der Waals surface area contributed by atoms with Gasteiger partial charge < -0.3 is 18.9 Å². The Bertz CT molecular complexity index is 699. The minimum Gasteiger partial charge on any atom is -0.495 e. The largest absolute Gasteiger partial charge is 0.495 e. The first-order chi connectivity index (χ1) is 12.1. The van der Waals surface area contributed by atoms with Gasteiger partial charge in [0, 0.05) is 12.1 Å². The lowest BCUT2D eigenvalue weighted by Crippen LogP contribution is -2.26. The van der Waals surface area contributed by atoms with Gasteiger partial charge in [0.15, 0.2) is 11.5 Å². The Morgan fingerprint density at radius 1 is 1.16 bits per heavy atom. The molecular weight excluding hydrogens is 363 g/mol. The number of likely N-dealkylation sites (N-methyl/N-ethyl adjacent to an activating group) is 1. The Morgan fingerprint density at radius 3 is 2.52 bits per heavy atom. The van der Waals surface area contributed by atoms with Gasteiger partial charge in [-0.05, 0) is 37.4 Å². The molecule has 0 spiro atoms. The lowest BCUT2D eigenvalue weighted by atomic mass is 10.1.